The fourth-order valence-electron chi connectivity index (χ4n) is 2.02. The molecule has 0 unspecified atom stereocenters. The van der Waals surface area contributed by atoms with Crippen molar-refractivity contribution in [1.82, 2.24) is 9.88 Å². The van der Waals surface area contributed by atoms with Gasteiger partial charge < -0.3 is 4.90 Å². The Morgan fingerprint density at radius 3 is 2.55 bits per heavy atom. The minimum atomic E-state index is -0.163. The minimum absolute atomic E-state index is 0.163. The van der Waals surface area contributed by atoms with E-state index < -0.39 is 0 Å². The van der Waals surface area contributed by atoms with E-state index in [2.05, 4.69) is 11.1 Å². The molecule has 1 heterocycles. The number of hydrogen-bond donors (Lipinski definition) is 0. The van der Waals surface area contributed by atoms with E-state index in [1.54, 1.807) is 41.6 Å². The maximum Gasteiger partial charge on any atom is 0.254 e. The predicted molar refractivity (Wildman–Crippen MR) is 80.4 cm³/mol. The number of carbonyl (C=O) groups excluding carboxylic acids is 1. The van der Waals surface area contributed by atoms with Crippen LogP contribution in [0.1, 0.15) is 27.9 Å². The van der Waals surface area contributed by atoms with Crippen LogP contribution in [-0.2, 0) is 6.54 Å². The molecule has 1 aromatic heterocycles. The molecule has 0 fully saturated rings. The Balaban J connectivity index is 2.18. The molecule has 0 aliphatic carbocycles. The molecule has 0 saturated heterocycles. The summed E-state index contributed by atoms with van der Waals surface area (Å²) >= 11 is 0. The van der Waals surface area contributed by atoms with E-state index >= 15 is 0 Å². The lowest BCUT2D eigenvalue weighted by molar-refractivity contribution is 0.0746. The summed E-state index contributed by atoms with van der Waals surface area (Å²) in [5, 5.41) is 17.6. The first kappa shape index (κ1) is 15.2. The van der Waals surface area contributed by atoms with E-state index in [0.29, 0.717) is 24.2 Å². The van der Waals surface area contributed by atoms with Gasteiger partial charge in [0.15, 0.2) is 0 Å². The van der Waals surface area contributed by atoms with E-state index in [-0.39, 0.29) is 12.3 Å². The number of benzene rings is 1. The zero-order valence-corrected chi connectivity index (χ0v) is 11.9. The van der Waals surface area contributed by atoms with Gasteiger partial charge in [-0.3, -0.25) is 9.78 Å². The van der Waals surface area contributed by atoms with Crippen molar-refractivity contribution in [1.29, 1.82) is 10.5 Å². The quantitative estimate of drug-likeness (QED) is 0.847. The summed E-state index contributed by atoms with van der Waals surface area (Å²) in [6, 6.07) is 14.3. The Morgan fingerprint density at radius 2 is 1.95 bits per heavy atom. The summed E-state index contributed by atoms with van der Waals surface area (Å²) in [7, 11) is 0. The lowest BCUT2D eigenvalue weighted by Gasteiger charge is -2.21. The molecule has 0 aliphatic heterocycles. The maximum atomic E-state index is 12.6. The van der Waals surface area contributed by atoms with Gasteiger partial charge in [-0.25, -0.2) is 0 Å². The molecule has 0 radical (unpaired) electrons. The van der Waals surface area contributed by atoms with Crippen molar-refractivity contribution < 1.29 is 4.79 Å². The number of rotatable bonds is 5. The van der Waals surface area contributed by atoms with Crippen LogP contribution in [0.5, 0.6) is 0 Å². The van der Waals surface area contributed by atoms with Crippen molar-refractivity contribution >= 4 is 5.91 Å². The van der Waals surface area contributed by atoms with Gasteiger partial charge in [-0.2, -0.15) is 10.5 Å². The van der Waals surface area contributed by atoms with Gasteiger partial charge in [-0.15, -0.1) is 0 Å². The topological polar surface area (TPSA) is 80.8 Å². The fraction of sp³-hybridized carbons (Fsp3) is 0.176. The summed E-state index contributed by atoms with van der Waals surface area (Å²) < 4.78 is 0. The number of nitriles is 2. The highest BCUT2D eigenvalue weighted by Crippen LogP contribution is 2.11. The minimum Gasteiger partial charge on any atom is -0.333 e. The Labute approximate surface area is 129 Å². The molecule has 0 N–H and O–H groups in total. The van der Waals surface area contributed by atoms with E-state index in [9.17, 15) is 4.79 Å². The van der Waals surface area contributed by atoms with Crippen LogP contribution < -0.4 is 0 Å². The first-order valence-corrected chi connectivity index (χ1v) is 6.80. The normalized spacial score (nSPS) is 9.55. The third kappa shape index (κ3) is 3.91. The Morgan fingerprint density at radius 1 is 1.18 bits per heavy atom. The number of carbonyl (C=O) groups is 1. The molecule has 1 amide bonds. The zero-order valence-electron chi connectivity index (χ0n) is 11.9. The van der Waals surface area contributed by atoms with Gasteiger partial charge in [-0.1, -0.05) is 6.07 Å². The van der Waals surface area contributed by atoms with E-state index in [1.807, 2.05) is 18.2 Å². The van der Waals surface area contributed by atoms with E-state index in [1.165, 1.54) is 0 Å². The number of nitrogens with zero attached hydrogens (tertiary/aromatic N) is 4. The molecule has 1 aromatic carbocycles. The van der Waals surface area contributed by atoms with Gasteiger partial charge in [0.05, 0.1) is 24.1 Å². The van der Waals surface area contributed by atoms with Crippen molar-refractivity contribution in [3.63, 3.8) is 0 Å². The molecule has 0 bridgehead atoms. The largest absolute Gasteiger partial charge is 0.333 e. The highest BCUT2D eigenvalue weighted by molar-refractivity contribution is 5.94. The van der Waals surface area contributed by atoms with Gasteiger partial charge in [-0.05, 0) is 35.9 Å². The van der Waals surface area contributed by atoms with Crippen molar-refractivity contribution in [3.8, 4) is 12.1 Å². The predicted octanol–water partition coefficient (Wildman–Crippen LogP) is 2.51. The van der Waals surface area contributed by atoms with Crippen molar-refractivity contribution in [2.45, 2.75) is 13.0 Å². The lowest BCUT2D eigenvalue weighted by Crippen LogP contribution is -2.31. The molecule has 2 aromatic rings. The van der Waals surface area contributed by atoms with Crippen LogP contribution in [0.25, 0.3) is 0 Å². The van der Waals surface area contributed by atoms with Gasteiger partial charge in [0.1, 0.15) is 0 Å². The second-order valence-corrected chi connectivity index (χ2v) is 4.69. The summed E-state index contributed by atoms with van der Waals surface area (Å²) in [5.74, 6) is -0.163. The smallest absolute Gasteiger partial charge is 0.254 e. The summed E-state index contributed by atoms with van der Waals surface area (Å²) in [5.41, 5.74) is 1.91. The third-order valence-corrected chi connectivity index (χ3v) is 3.14. The molecule has 5 nitrogen and oxygen atoms in total. The monoisotopic (exact) mass is 290 g/mol. The third-order valence-electron chi connectivity index (χ3n) is 3.14. The second kappa shape index (κ2) is 7.56. The van der Waals surface area contributed by atoms with Crippen molar-refractivity contribution in [2.24, 2.45) is 0 Å². The molecule has 5 heteroatoms. The van der Waals surface area contributed by atoms with E-state index in [0.717, 1.165) is 5.56 Å². The summed E-state index contributed by atoms with van der Waals surface area (Å²) in [6.07, 6.45) is 3.64. The van der Waals surface area contributed by atoms with Crippen LogP contribution >= 0.6 is 0 Å². The van der Waals surface area contributed by atoms with E-state index in [4.69, 9.17) is 10.5 Å². The lowest BCUT2D eigenvalue weighted by atomic mass is 10.1. The van der Waals surface area contributed by atoms with Crippen LogP contribution in [-0.4, -0.2) is 22.3 Å². The SMILES string of the molecule is N#CCCN(Cc1cccnc1)C(=O)c1ccc(C#N)cc1. The average molecular weight is 290 g/mol. The molecule has 108 valence electrons. The van der Waals surface area contributed by atoms with Gasteiger partial charge in [0.2, 0.25) is 0 Å². The number of pyridine rings is 1. The van der Waals surface area contributed by atoms with Gasteiger partial charge >= 0.3 is 0 Å². The van der Waals surface area contributed by atoms with Crippen LogP contribution in [0, 0.1) is 22.7 Å². The van der Waals surface area contributed by atoms with Crippen LogP contribution in [0.4, 0.5) is 0 Å². The van der Waals surface area contributed by atoms with Crippen LogP contribution in [0.15, 0.2) is 48.8 Å². The Kier molecular flexibility index (Phi) is 5.23. The second-order valence-electron chi connectivity index (χ2n) is 4.69. The molecule has 0 spiro atoms. The Bertz CT molecular complexity index is 711. The highest BCUT2D eigenvalue weighted by atomic mass is 16.2. The molecular weight excluding hydrogens is 276 g/mol. The van der Waals surface area contributed by atoms with Crippen molar-refractivity contribution in [3.05, 3.63) is 65.5 Å². The van der Waals surface area contributed by atoms with Crippen LogP contribution in [0.2, 0.25) is 0 Å². The first-order valence-electron chi connectivity index (χ1n) is 6.80. The maximum absolute atomic E-state index is 12.6. The fourth-order valence-corrected chi connectivity index (χ4v) is 2.02. The molecular formula is C17H14N4O. The highest BCUT2D eigenvalue weighted by Gasteiger charge is 2.16. The summed E-state index contributed by atoms with van der Waals surface area (Å²) in [4.78, 5) is 18.2. The molecule has 22 heavy (non-hydrogen) atoms. The number of aromatic nitrogens is 1. The summed E-state index contributed by atoms with van der Waals surface area (Å²) in [6.45, 7) is 0.749. The van der Waals surface area contributed by atoms with Gasteiger partial charge in [0.25, 0.3) is 5.91 Å². The standard InChI is InChI=1S/C17H14N4O/c18-8-2-10-21(13-15-3-1-9-20-12-15)17(22)16-6-4-14(11-19)5-7-16/h1,3-7,9,12H,2,10,13H2. The Hall–Kier alpha value is -3.18. The first-order chi connectivity index (χ1) is 10.7. The number of hydrogen-bond acceptors (Lipinski definition) is 4. The molecule has 0 atom stereocenters. The van der Waals surface area contributed by atoms with Crippen LogP contribution in [0.3, 0.4) is 0 Å². The molecule has 2 rings (SSSR count). The van der Waals surface area contributed by atoms with Gasteiger partial charge in [0, 0.05) is 31.0 Å². The molecule has 0 aliphatic rings. The number of amides is 1. The molecule has 0 saturated carbocycles. The zero-order chi connectivity index (χ0) is 15.8. The average Bonchev–Trinajstić information content (AvgIpc) is 2.59. The van der Waals surface area contributed by atoms with Crippen molar-refractivity contribution in [2.75, 3.05) is 6.54 Å².